The van der Waals surface area contributed by atoms with Gasteiger partial charge in [0.25, 0.3) is 0 Å². The average Bonchev–Trinajstić information content (AvgIpc) is 2.14. The summed E-state index contributed by atoms with van der Waals surface area (Å²) in [6.45, 7) is 7.26. The van der Waals surface area contributed by atoms with Gasteiger partial charge in [0.2, 0.25) is 0 Å². The van der Waals surface area contributed by atoms with Crippen molar-refractivity contribution in [1.29, 1.82) is 5.26 Å². The van der Waals surface area contributed by atoms with E-state index in [2.05, 4.69) is 26.8 Å². The number of hydrogen-bond acceptors (Lipinski definition) is 1. The summed E-state index contributed by atoms with van der Waals surface area (Å²) in [5.41, 5.74) is 1.02. The first-order valence-electron chi connectivity index (χ1n) is 5.88. The van der Waals surface area contributed by atoms with Crippen molar-refractivity contribution >= 4 is 0 Å². The van der Waals surface area contributed by atoms with Crippen LogP contribution < -0.4 is 0 Å². The van der Waals surface area contributed by atoms with Crippen LogP contribution in [0.2, 0.25) is 0 Å². The molecule has 1 nitrogen and oxygen atoms in total. The summed E-state index contributed by atoms with van der Waals surface area (Å²) in [5, 5.41) is 8.69. The molecule has 2 bridgehead atoms. The zero-order valence-electron chi connectivity index (χ0n) is 9.64. The second-order valence-electron chi connectivity index (χ2n) is 6.16. The third-order valence-electron chi connectivity index (χ3n) is 5.18. The summed E-state index contributed by atoms with van der Waals surface area (Å²) in [5.74, 6) is 1.85. The van der Waals surface area contributed by atoms with Crippen LogP contribution in [0.5, 0.6) is 0 Å². The maximum atomic E-state index is 8.69. The molecule has 1 heteroatoms. The molecule has 3 saturated carbocycles. The molecule has 0 heterocycles. The van der Waals surface area contributed by atoms with E-state index in [0.29, 0.717) is 10.8 Å². The fourth-order valence-corrected chi connectivity index (χ4v) is 4.01. The Bertz CT molecular complexity index is 271. The molecule has 0 spiro atoms. The van der Waals surface area contributed by atoms with E-state index in [9.17, 15) is 0 Å². The molecule has 0 aromatic carbocycles. The molecule has 0 aliphatic heterocycles. The van der Waals surface area contributed by atoms with Crippen molar-refractivity contribution in [2.45, 2.75) is 52.9 Å². The van der Waals surface area contributed by atoms with Gasteiger partial charge in [-0.2, -0.15) is 5.26 Å². The molecule has 0 aromatic heterocycles. The number of hydrogen-bond donors (Lipinski definition) is 0. The molecule has 3 unspecified atom stereocenters. The van der Waals surface area contributed by atoms with Gasteiger partial charge in [-0.3, -0.25) is 0 Å². The zero-order chi connectivity index (χ0) is 10.4. The van der Waals surface area contributed by atoms with Crippen LogP contribution in [0.15, 0.2) is 0 Å². The third-order valence-corrected chi connectivity index (χ3v) is 5.18. The highest BCUT2D eigenvalue weighted by Gasteiger charge is 2.58. The third kappa shape index (κ3) is 1.20. The molecule has 0 N–H and O–H groups in total. The first-order chi connectivity index (χ1) is 6.50. The smallest absolute Gasteiger partial charge is 0.0621 e. The van der Waals surface area contributed by atoms with Gasteiger partial charge in [-0.25, -0.2) is 0 Å². The van der Waals surface area contributed by atoms with E-state index >= 15 is 0 Å². The first kappa shape index (κ1) is 10.0. The van der Waals surface area contributed by atoms with Crippen molar-refractivity contribution in [2.75, 3.05) is 0 Å². The summed E-state index contributed by atoms with van der Waals surface area (Å²) in [6, 6.07) is 2.31. The van der Waals surface area contributed by atoms with E-state index in [1.165, 1.54) is 19.3 Å². The maximum absolute atomic E-state index is 8.69. The van der Waals surface area contributed by atoms with Crippen LogP contribution in [-0.4, -0.2) is 0 Å². The summed E-state index contributed by atoms with van der Waals surface area (Å²) in [6.07, 6.45) is 6.03. The normalized spacial score (nSPS) is 43.9. The molecular formula is C13H21N. The molecule has 78 valence electrons. The summed E-state index contributed by atoms with van der Waals surface area (Å²) < 4.78 is 0. The van der Waals surface area contributed by atoms with Crippen LogP contribution in [0.4, 0.5) is 0 Å². The second-order valence-corrected chi connectivity index (χ2v) is 6.16. The molecule has 3 atom stereocenters. The van der Waals surface area contributed by atoms with Crippen LogP contribution in [0.1, 0.15) is 52.9 Å². The first-order valence-corrected chi connectivity index (χ1v) is 5.88. The van der Waals surface area contributed by atoms with Crippen LogP contribution in [0.3, 0.4) is 0 Å². The highest BCUT2D eigenvalue weighted by Crippen LogP contribution is 2.66. The average molecular weight is 191 g/mol. The van der Waals surface area contributed by atoms with E-state index in [1.807, 2.05) is 0 Å². The Kier molecular flexibility index (Phi) is 2.14. The lowest BCUT2D eigenvalue weighted by Gasteiger charge is -2.64. The minimum atomic E-state index is 0.466. The highest BCUT2D eigenvalue weighted by molar-refractivity contribution is 5.08. The van der Waals surface area contributed by atoms with E-state index < -0.39 is 0 Å². The van der Waals surface area contributed by atoms with Crippen LogP contribution in [-0.2, 0) is 0 Å². The Morgan fingerprint density at radius 3 is 2.57 bits per heavy atom. The van der Waals surface area contributed by atoms with Crippen molar-refractivity contribution in [3.63, 3.8) is 0 Å². The van der Waals surface area contributed by atoms with E-state index in [1.54, 1.807) is 0 Å². The molecule has 0 aromatic rings. The maximum Gasteiger partial charge on any atom is 0.0621 e. The Morgan fingerprint density at radius 1 is 1.36 bits per heavy atom. The summed E-state index contributed by atoms with van der Waals surface area (Å²) >= 11 is 0. The van der Waals surface area contributed by atoms with Gasteiger partial charge in [0.1, 0.15) is 0 Å². The Labute approximate surface area is 87.5 Å². The van der Waals surface area contributed by atoms with Crippen molar-refractivity contribution in [2.24, 2.45) is 22.7 Å². The standard InChI is InChI=1S/C13H21N/c1-12(2)10-5-7-13(3,6-4-8-14)11(12)9-10/h10-11H,4-7,9H2,1-3H3. The van der Waals surface area contributed by atoms with Gasteiger partial charge in [0, 0.05) is 6.42 Å². The number of rotatable bonds is 2. The van der Waals surface area contributed by atoms with E-state index in [0.717, 1.165) is 24.7 Å². The molecule has 3 aliphatic carbocycles. The topological polar surface area (TPSA) is 23.8 Å². The van der Waals surface area contributed by atoms with Crippen molar-refractivity contribution in [3.05, 3.63) is 0 Å². The molecule has 3 aliphatic rings. The SMILES string of the molecule is CC1(CCC#N)CCC2CC1C2(C)C. The second kappa shape index (κ2) is 2.99. The largest absolute Gasteiger partial charge is 0.198 e. The summed E-state index contributed by atoms with van der Waals surface area (Å²) in [7, 11) is 0. The Morgan fingerprint density at radius 2 is 2.07 bits per heavy atom. The van der Waals surface area contributed by atoms with Gasteiger partial charge >= 0.3 is 0 Å². The number of nitriles is 1. The Balaban J connectivity index is 2.10. The fourth-order valence-electron chi connectivity index (χ4n) is 4.01. The lowest BCUT2D eigenvalue weighted by molar-refractivity contribution is -0.151. The van der Waals surface area contributed by atoms with Crippen molar-refractivity contribution in [1.82, 2.24) is 0 Å². The number of nitrogens with zero attached hydrogens (tertiary/aromatic N) is 1. The van der Waals surface area contributed by atoms with E-state index in [4.69, 9.17) is 5.26 Å². The van der Waals surface area contributed by atoms with E-state index in [-0.39, 0.29) is 0 Å². The minimum absolute atomic E-state index is 0.466. The van der Waals surface area contributed by atoms with Gasteiger partial charge in [0.05, 0.1) is 6.07 Å². The quantitative estimate of drug-likeness (QED) is 0.652. The van der Waals surface area contributed by atoms with Gasteiger partial charge < -0.3 is 0 Å². The predicted molar refractivity (Wildman–Crippen MR) is 57.6 cm³/mol. The molecule has 0 amide bonds. The lowest BCUT2D eigenvalue weighted by Crippen LogP contribution is -2.56. The van der Waals surface area contributed by atoms with Crippen LogP contribution >= 0.6 is 0 Å². The fraction of sp³-hybridized carbons (Fsp3) is 0.923. The van der Waals surface area contributed by atoms with Gasteiger partial charge in [-0.05, 0) is 48.3 Å². The predicted octanol–water partition coefficient (Wildman–Crippen LogP) is 3.75. The minimum Gasteiger partial charge on any atom is -0.198 e. The highest BCUT2D eigenvalue weighted by atomic mass is 14.6. The van der Waals surface area contributed by atoms with Crippen molar-refractivity contribution < 1.29 is 0 Å². The Hall–Kier alpha value is -0.510. The van der Waals surface area contributed by atoms with Gasteiger partial charge in [-0.1, -0.05) is 20.8 Å². The molecule has 3 rings (SSSR count). The number of fused-ring (bicyclic) bond motifs is 2. The monoisotopic (exact) mass is 191 g/mol. The van der Waals surface area contributed by atoms with Crippen molar-refractivity contribution in [3.8, 4) is 6.07 Å². The van der Waals surface area contributed by atoms with Crippen LogP contribution in [0, 0.1) is 34.0 Å². The zero-order valence-corrected chi connectivity index (χ0v) is 9.64. The van der Waals surface area contributed by atoms with Gasteiger partial charge in [0.15, 0.2) is 0 Å². The lowest BCUT2D eigenvalue weighted by atomic mass is 9.40. The molecule has 3 fully saturated rings. The molecule has 0 saturated heterocycles. The molecule has 14 heavy (non-hydrogen) atoms. The van der Waals surface area contributed by atoms with Crippen LogP contribution in [0.25, 0.3) is 0 Å². The molecule has 0 radical (unpaired) electrons. The van der Waals surface area contributed by atoms with Gasteiger partial charge in [-0.15, -0.1) is 0 Å². The summed E-state index contributed by atoms with van der Waals surface area (Å²) in [4.78, 5) is 0. The molecular weight excluding hydrogens is 170 g/mol.